The second-order valence-corrected chi connectivity index (χ2v) is 32.8. The number of hydrogen-bond acceptors (Lipinski definition) is 10. The molecule has 3 aliphatic rings. The van der Waals surface area contributed by atoms with Crippen LogP contribution in [0.5, 0.6) is 5.75 Å². The number of carboxylic acid groups (broad SMARTS) is 2. The average molecular weight is 1320 g/mol. The molecule has 1 aliphatic carbocycles. The summed E-state index contributed by atoms with van der Waals surface area (Å²) in [5.41, 5.74) is 0.835. The lowest BCUT2D eigenvalue weighted by Gasteiger charge is -2.52. The number of aliphatic carboxylic acids is 1. The number of carboxylic acids is 2. The van der Waals surface area contributed by atoms with Gasteiger partial charge >= 0.3 is 11.9 Å². The zero-order valence-corrected chi connectivity index (χ0v) is 55.2. The van der Waals surface area contributed by atoms with Crippen molar-refractivity contribution in [3.05, 3.63) is 168 Å². The first-order valence-corrected chi connectivity index (χ1v) is 33.8. The first-order valence-electron chi connectivity index (χ1n) is 29.0. The van der Waals surface area contributed by atoms with Crippen molar-refractivity contribution in [3.63, 3.8) is 0 Å². The Bertz CT molecular complexity index is 3630. The molecule has 3 fully saturated rings. The van der Waals surface area contributed by atoms with E-state index in [2.05, 4.69) is 0 Å². The number of carbonyl (C=O) groups excluding carboxylic acids is 3. The number of halogens is 5. The Morgan fingerprint density at radius 1 is 0.678 bits per heavy atom. The van der Waals surface area contributed by atoms with Gasteiger partial charge in [-0.05, 0) is 161 Å². The number of amides is 2. The number of carbonyl (C=O) groups is 5. The van der Waals surface area contributed by atoms with Crippen molar-refractivity contribution < 1.29 is 60.1 Å². The molecule has 2 N–H and O–H groups in total. The molecule has 14 nitrogen and oxygen atoms in total. The fourth-order valence-corrected chi connectivity index (χ4v) is 15.8. The van der Waals surface area contributed by atoms with E-state index >= 15 is 9.18 Å². The summed E-state index contributed by atoms with van der Waals surface area (Å²) < 4.78 is 73.2. The molecule has 0 radical (unpaired) electrons. The fourth-order valence-electron chi connectivity index (χ4n) is 12.4. The second kappa shape index (κ2) is 27.3. The van der Waals surface area contributed by atoms with Crippen molar-refractivity contribution in [3.8, 4) is 5.75 Å². The zero-order valence-electron chi connectivity index (χ0n) is 50.5. The van der Waals surface area contributed by atoms with Crippen LogP contribution >= 0.6 is 46.4 Å². The normalized spacial score (nSPS) is 22.6. The van der Waals surface area contributed by atoms with Crippen LogP contribution < -0.4 is 4.74 Å². The van der Waals surface area contributed by atoms with Gasteiger partial charge in [0.15, 0.2) is 19.7 Å². The van der Waals surface area contributed by atoms with Crippen LogP contribution in [0.2, 0.25) is 20.1 Å². The molecule has 5 aromatic carbocycles. The molecule has 2 amide bonds. The Hall–Kier alpha value is -5.56. The number of sulfone groups is 2. The van der Waals surface area contributed by atoms with Gasteiger partial charge in [0.1, 0.15) is 22.9 Å². The van der Waals surface area contributed by atoms with Crippen LogP contribution in [-0.4, -0.2) is 107 Å². The number of hydrogen-bond donors (Lipinski definition) is 2. The highest BCUT2D eigenvalue weighted by atomic mass is 35.5. The Morgan fingerprint density at radius 3 is 1.68 bits per heavy atom. The second-order valence-electron chi connectivity index (χ2n) is 25.7. The van der Waals surface area contributed by atoms with Crippen LogP contribution in [-0.2, 0) is 45.3 Å². The van der Waals surface area contributed by atoms with Crippen molar-refractivity contribution in [2.45, 2.75) is 153 Å². The van der Waals surface area contributed by atoms with E-state index in [0.29, 0.717) is 26.2 Å². The number of aromatic carboxylic acids is 1. The van der Waals surface area contributed by atoms with Gasteiger partial charge in [0.25, 0.3) is 0 Å². The van der Waals surface area contributed by atoms with E-state index in [0.717, 1.165) is 29.5 Å². The summed E-state index contributed by atoms with van der Waals surface area (Å²) in [6, 6.07) is 27.8. The zero-order chi connectivity index (χ0) is 64.5. The van der Waals surface area contributed by atoms with Crippen LogP contribution in [0.15, 0.2) is 109 Å². The van der Waals surface area contributed by atoms with Gasteiger partial charge in [-0.15, -0.1) is 0 Å². The average Bonchev–Trinajstić information content (AvgIpc) is 1.49. The van der Waals surface area contributed by atoms with Gasteiger partial charge in [-0.1, -0.05) is 123 Å². The van der Waals surface area contributed by atoms with Crippen LogP contribution in [0.1, 0.15) is 163 Å². The first-order chi connectivity index (χ1) is 40.5. The molecule has 0 aromatic heterocycles. The standard InChI is InChI=1S/C38H42Cl2FNO7S.C28H35Cl2NO5S/c1-37(2,3)50(47,48)21-32(23-10-11-23)42-34(25-12-14-30(40)31(41)18-25)29(24-7-6-8-26(39)17-24)20-38(4,36(42)46)19-27(43)15-22-9-13-28(35(44)45)33(16-22)49-5;1-17(2)24(16-37(35,36)18(3)4)31-26(19-9-11-21(29)12-10-19)23(20-7-6-8-22(30)13-20)14-28(5,27(31)34)15-25(32)33/h6-9,12-14,16-18,23,29,32,34H,10-11,15,19-21H2,1-5H3,(H,44,45);6-13,17-18,23-24,26H,14-16H2,1-5H3,(H,32,33)/t29-,32?,34-,38+;23-,24-,26-,28-/m11/s1. The maximum atomic E-state index is 15.2. The molecule has 5 aromatic rings. The highest BCUT2D eigenvalue weighted by molar-refractivity contribution is 7.92. The smallest absolute Gasteiger partial charge is 0.339 e. The summed E-state index contributed by atoms with van der Waals surface area (Å²) in [4.78, 5) is 70.1. The summed E-state index contributed by atoms with van der Waals surface area (Å²) in [7, 11) is -5.92. The third kappa shape index (κ3) is 15.9. The summed E-state index contributed by atoms with van der Waals surface area (Å²) in [6.45, 7) is 15.3. The van der Waals surface area contributed by atoms with Crippen LogP contribution in [0.25, 0.3) is 0 Å². The first kappa shape index (κ1) is 68.9. The van der Waals surface area contributed by atoms with Gasteiger partial charge in [-0.25, -0.2) is 26.0 Å². The lowest BCUT2D eigenvalue weighted by molar-refractivity contribution is -0.161. The van der Waals surface area contributed by atoms with E-state index in [1.165, 1.54) is 31.4 Å². The highest BCUT2D eigenvalue weighted by Crippen LogP contribution is 2.56. The third-order valence-corrected chi connectivity index (χ3v) is 23.3. The molecule has 2 aliphatic heterocycles. The summed E-state index contributed by atoms with van der Waals surface area (Å²) in [5, 5.41) is 20.1. The van der Waals surface area contributed by atoms with Gasteiger partial charge in [-0.3, -0.25) is 19.2 Å². The number of ketones is 1. The minimum atomic E-state index is -3.73. The lowest BCUT2D eigenvalue weighted by atomic mass is 9.66. The Labute approximate surface area is 530 Å². The van der Waals surface area contributed by atoms with Crippen molar-refractivity contribution in [2.75, 3.05) is 18.6 Å². The molecule has 21 heteroatoms. The fraction of sp³-hybridized carbons (Fsp3) is 0.470. The number of rotatable bonds is 21. The number of benzene rings is 5. The van der Waals surface area contributed by atoms with Gasteiger partial charge < -0.3 is 24.7 Å². The molecule has 1 saturated carbocycles. The van der Waals surface area contributed by atoms with Crippen LogP contribution in [0.4, 0.5) is 4.39 Å². The van der Waals surface area contributed by atoms with Crippen LogP contribution in [0, 0.1) is 28.5 Å². The third-order valence-electron chi connectivity index (χ3n) is 17.4. The number of nitrogens with zero attached hydrogens (tertiary/aromatic N) is 2. The van der Waals surface area contributed by atoms with Crippen molar-refractivity contribution in [2.24, 2.45) is 22.7 Å². The molecule has 8 rings (SSSR count). The molecule has 0 spiro atoms. The molecular weight excluding hydrogens is 1240 g/mol. The van der Waals surface area contributed by atoms with Gasteiger partial charge in [-0.2, -0.15) is 0 Å². The number of likely N-dealkylation sites (tertiary alicyclic amines) is 2. The highest BCUT2D eigenvalue weighted by Gasteiger charge is 2.57. The van der Waals surface area contributed by atoms with Crippen molar-refractivity contribution in [1.29, 1.82) is 0 Å². The SMILES string of the molecule is CC(C)[C@@H](CS(=O)(=O)C(C)C)N1C(=O)[C@@](C)(CC(=O)O)C[C@H](c2cccc(Cl)c2)[C@H]1c1ccc(Cl)cc1.COc1cc(CC(=O)C[C@@]2(C)C[C@H](c3cccc(Cl)c3)[C@@H](c3ccc(Cl)c(F)c3)N(C(CS(=O)(=O)C(C)(C)C)C3CC3)C2=O)ccc1C(=O)O. The number of ether oxygens (including phenoxy) is 1. The quantitative estimate of drug-likeness (QED) is 0.0703. The van der Waals surface area contributed by atoms with Gasteiger partial charge in [0, 0.05) is 51.8 Å². The van der Waals surface area contributed by atoms with E-state index in [1.807, 2.05) is 50.2 Å². The molecule has 2 heterocycles. The Balaban J connectivity index is 0.000000260. The Kier molecular flexibility index (Phi) is 21.6. The molecule has 87 heavy (non-hydrogen) atoms. The topological polar surface area (TPSA) is 210 Å². The minimum Gasteiger partial charge on any atom is -0.496 e. The van der Waals surface area contributed by atoms with Crippen LogP contribution in [0.3, 0.4) is 0 Å². The predicted octanol–water partition coefficient (Wildman–Crippen LogP) is 14.5. The molecule has 470 valence electrons. The van der Waals surface area contributed by atoms with Gasteiger partial charge in [0.05, 0.1) is 63.0 Å². The number of Topliss-reactive ketones (excluding diaryl/α,β-unsaturated/α-hetero) is 1. The van der Waals surface area contributed by atoms with E-state index in [9.17, 15) is 46.2 Å². The van der Waals surface area contributed by atoms with E-state index in [1.54, 1.807) is 107 Å². The molecule has 1 unspecified atom stereocenters. The molecule has 2 saturated heterocycles. The summed E-state index contributed by atoms with van der Waals surface area (Å²) >= 11 is 25.1. The largest absolute Gasteiger partial charge is 0.496 e. The van der Waals surface area contributed by atoms with E-state index < -0.39 is 88.3 Å². The molecule has 0 bridgehead atoms. The maximum Gasteiger partial charge on any atom is 0.339 e. The van der Waals surface area contributed by atoms with E-state index in [-0.39, 0.29) is 95.3 Å². The monoisotopic (exact) mass is 1310 g/mol. The minimum absolute atomic E-state index is 0.0425. The van der Waals surface area contributed by atoms with Gasteiger partial charge in [0.2, 0.25) is 11.8 Å². The molecule has 8 atom stereocenters. The van der Waals surface area contributed by atoms with Crippen molar-refractivity contribution in [1.82, 2.24) is 9.80 Å². The number of methoxy groups -OCH3 is 1. The predicted molar refractivity (Wildman–Crippen MR) is 339 cm³/mol. The molecular formula is C66H77Cl4FN2O12S2. The van der Waals surface area contributed by atoms with Crippen molar-refractivity contribution >= 4 is 95.6 Å². The maximum absolute atomic E-state index is 15.2. The van der Waals surface area contributed by atoms with E-state index in [4.69, 9.17) is 51.1 Å². The summed E-state index contributed by atoms with van der Waals surface area (Å²) in [6.07, 6.45) is 1.28. The lowest BCUT2D eigenvalue weighted by Crippen LogP contribution is -2.59. The Morgan fingerprint density at radius 2 is 1.21 bits per heavy atom. The number of piperidine rings is 2. The summed E-state index contributed by atoms with van der Waals surface area (Å²) in [5.74, 6) is -5.46.